The van der Waals surface area contributed by atoms with Gasteiger partial charge in [0.1, 0.15) is 0 Å². The summed E-state index contributed by atoms with van der Waals surface area (Å²) in [7, 11) is 0. The quantitative estimate of drug-likeness (QED) is 0.461. The van der Waals surface area contributed by atoms with Crippen LogP contribution in [0.1, 0.15) is 51.9 Å². The third-order valence-corrected chi connectivity index (χ3v) is 2.52. The van der Waals surface area contributed by atoms with Crippen LogP contribution < -0.4 is 0 Å². The van der Waals surface area contributed by atoms with E-state index >= 15 is 0 Å². The summed E-state index contributed by atoms with van der Waals surface area (Å²) >= 11 is 0. The standard InChI is InChI=1S/C11H20/c1-11-9-7-5-3-2-4-6-8-10-11/h5,7,11H,2-4,6,8-10H2,1H3. The van der Waals surface area contributed by atoms with Crippen molar-refractivity contribution in [2.24, 2.45) is 5.92 Å². The lowest BCUT2D eigenvalue weighted by Crippen LogP contribution is -1.93. The van der Waals surface area contributed by atoms with Crippen molar-refractivity contribution in [2.45, 2.75) is 51.9 Å². The van der Waals surface area contributed by atoms with Gasteiger partial charge in [-0.2, -0.15) is 0 Å². The van der Waals surface area contributed by atoms with Gasteiger partial charge in [0.2, 0.25) is 0 Å². The van der Waals surface area contributed by atoms with Crippen molar-refractivity contribution in [1.29, 1.82) is 0 Å². The highest BCUT2D eigenvalue weighted by Gasteiger charge is 2.00. The first-order chi connectivity index (χ1) is 5.39. The zero-order valence-electron chi connectivity index (χ0n) is 7.68. The van der Waals surface area contributed by atoms with Crippen molar-refractivity contribution < 1.29 is 0 Å². The van der Waals surface area contributed by atoms with E-state index in [1.807, 2.05) is 0 Å². The number of rotatable bonds is 0. The topological polar surface area (TPSA) is 0 Å². The van der Waals surface area contributed by atoms with E-state index in [-0.39, 0.29) is 0 Å². The Labute approximate surface area is 70.7 Å². The molecule has 0 heteroatoms. The molecule has 0 aliphatic heterocycles. The molecule has 0 amide bonds. The summed E-state index contributed by atoms with van der Waals surface area (Å²) in [6.45, 7) is 2.37. The Balaban J connectivity index is 2.25. The van der Waals surface area contributed by atoms with Gasteiger partial charge in [0.15, 0.2) is 0 Å². The molecule has 0 aromatic carbocycles. The van der Waals surface area contributed by atoms with Crippen LogP contribution in [0.2, 0.25) is 0 Å². The SMILES string of the molecule is CC1CC=CCCCCCC1. The van der Waals surface area contributed by atoms with E-state index in [1.165, 1.54) is 44.9 Å². The molecular formula is C11H20. The van der Waals surface area contributed by atoms with E-state index in [9.17, 15) is 0 Å². The highest BCUT2D eigenvalue weighted by atomic mass is 14.1. The molecule has 0 N–H and O–H groups in total. The molecular weight excluding hydrogens is 132 g/mol. The van der Waals surface area contributed by atoms with Crippen molar-refractivity contribution in [1.82, 2.24) is 0 Å². The number of hydrogen-bond donors (Lipinski definition) is 0. The first-order valence-electron chi connectivity index (χ1n) is 5.04. The molecule has 0 aromatic rings. The van der Waals surface area contributed by atoms with Crippen LogP contribution in [0, 0.1) is 5.92 Å². The molecule has 0 spiro atoms. The Bertz CT molecular complexity index is 113. The summed E-state index contributed by atoms with van der Waals surface area (Å²) < 4.78 is 0. The first kappa shape index (κ1) is 8.83. The highest BCUT2D eigenvalue weighted by Crippen LogP contribution is 2.16. The van der Waals surface area contributed by atoms with Crippen molar-refractivity contribution in [3.8, 4) is 0 Å². The molecule has 1 unspecified atom stereocenters. The van der Waals surface area contributed by atoms with Crippen LogP contribution in [0.25, 0.3) is 0 Å². The summed E-state index contributed by atoms with van der Waals surface area (Å²) in [5, 5.41) is 0. The van der Waals surface area contributed by atoms with Gasteiger partial charge in [0.25, 0.3) is 0 Å². The molecule has 1 aliphatic rings. The molecule has 0 radical (unpaired) electrons. The van der Waals surface area contributed by atoms with Gasteiger partial charge >= 0.3 is 0 Å². The van der Waals surface area contributed by atoms with E-state index in [0.717, 1.165) is 5.92 Å². The van der Waals surface area contributed by atoms with Crippen LogP contribution in [0.15, 0.2) is 12.2 Å². The fourth-order valence-electron chi connectivity index (χ4n) is 1.67. The Morgan fingerprint density at radius 3 is 2.73 bits per heavy atom. The van der Waals surface area contributed by atoms with Gasteiger partial charge in [-0.25, -0.2) is 0 Å². The van der Waals surface area contributed by atoms with E-state index < -0.39 is 0 Å². The molecule has 0 fully saturated rings. The lowest BCUT2D eigenvalue weighted by Gasteiger charge is -2.09. The van der Waals surface area contributed by atoms with Crippen molar-refractivity contribution in [2.75, 3.05) is 0 Å². The molecule has 0 heterocycles. The lowest BCUT2D eigenvalue weighted by atomic mass is 9.97. The lowest BCUT2D eigenvalue weighted by molar-refractivity contribution is 0.486. The Kier molecular flexibility index (Phi) is 4.33. The van der Waals surface area contributed by atoms with Crippen LogP contribution in [0.3, 0.4) is 0 Å². The average Bonchev–Trinajstić information content (AvgIpc) is 2.03. The molecule has 0 saturated carbocycles. The van der Waals surface area contributed by atoms with Gasteiger partial charge in [-0.1, -0.05) is 44.8 Å². The predicted molar refractivity (Wildman–Crippen MR) is 50.6 cm³/mol. The summed E-state index contributed by atoms with van der Waals surface area (Å²) in [6.07, 6.45) is 14.5. The van der Waals surface area contributed by atoms with E-state index in [1.54, 1.807) is 0 Å². The normalized spacial score (nSPS) is 28.3. The van der Waals surface area contributed by atoms with E-state index in [4.69, 9.17) is 0 Å². The van der Waals surface area contributed by atoms with Gasteiger partial charge in [-0.05, 0) is 25.2 Å². The van der Waals surface area contributed by atoms with Crippen LogP contribution in [-0.2, 0) is 0 Å². The third-order valence-electron chi connectivity index (χ3n) is 2.52. The Morgan fingerprint density at radius 2 is 1.82 bits per heavy atom. The van der Waals surface area contributed by atoms with E-state index in [2.05, 4.69) is 19.1 Å². The van der Waals surface area contributed by atoms with Gasteiger partial charge in [-0.15, -0.1) is 0 Å². The molecule has 1 rings (SSSR count). The summed E-state index contributed by atoms with van der Waals surface area (Å²) in [4.78, 5) is 0. The second-order valence-electron chi connectivity index (χ2n) is 3.80. The average molecular weight is 152 g/mol. The van der Waals surface area contributed by atoms with Gasteiger partial charge in [0, 0.05) is 0 Å². The molecule has 64 valence electrons. The van der Waals surface area contributed by atoms with Gasteiger partial charge in [-0.3, -0.25) is 0 Å². The molecule has 0 nitrogen and oxygen atoms in total. The fourth-order valence-corrected chi connectivity index (χ4v) is 1.67. The first-order valence-corrected chi connectivity index (χ1v) is 5.04. The minimum Gasteiger partial charge on any atom is -0.0885 e. The van der Waals surface area contributed by atoms with Crippen LogP contribution in [-0.4, -0.2) is 0 Å². The minimum atomic E-state index is 0.921. The molecule has 0 saturated heterocycles. The highest BCUT2D eigenvalue weighted by molar-refractivity contribution is 4.83. The van der Waals surface area contributed by atoms with Gasteiger partial charge in [0.05, 0.1) is 0 Å². The third kappa shape index (κ3) is 4.23. The maximum Gasteiger partial charge on any atom is -0.0325 e. The predicted octanol–water partition coefficient (Wildman–Crippen LogP) is 3.92. The molecule has 0 bridgehead atoms. The molecule has 1 atom stereocenters. The smallest absolute Gasteiger partial charge is 0.0325 e. The number of allylic oxidation sites excluding steroid dienone is 2. The van der Waals surface area contributed by atoms with Crippen LogP contribution in [0.4, 0.5) is 0 Å². The van der Waals surface area contributed by atoms with E-state index in [0.29, 0.717) is 0 Å². The zero-order valence-corrected chi connectivity index (χ0v) is 7.68. The zero-order chi connectivity index (χ0) is 7.94. The fraction of sp³-hybridized carbons (Fsp3) is 0.818. The van der Waals surface area contributed by atoms with Crippen molar-refractivity contribution in [3.63, 3.8) is 0 Å². The number of hydrogen-bond acceptors (Lipinski definition) is 0. The largest absolute Gasteiger partial charge is 0.0885 e. The minimum absolute atomic E-state index is 0.921. The summed E-state index contributed by atoms with van der Waals surface area (Å²) in [5.41, 5.74) is 0. The summed E-state index contributed by atoms with van der Waals surface area (Å²) in [5.74, 6) is 0.921. The molecule has 11 heavy (non-hydrogen) atoms. The maximum absolute atomic E-state index is 2.37. The molecule has 0 aromatic heterocycles. The van der Waals surface area contributed by atoms with Crippen LogP contribution >= 0.6 is 0 Å². The Hall–Kier alpha value is -0.260. The Morgan fingerprint density at radius 1 is 1.00 bits per heavy atom. The molecule has 1 aliphatic carbocycles. The maximum atomic E-state index is 2.37. The van der Waals surface area contributed by atoms with Crippen molar-refractivity contribution >= 4 is 0 Å². The second-order valence-corrected chi connectivity index (χ2v) is 3.80. The second kappa shape index (κ2) is 5.40. The van der Waals surface area contributed by atoms with Crippen molar-refractivity contribution in [3.05, 3.63) is 12.2 Å². The monoisotopic (exact) mass is 152 g/mol. The van der Waals surface area contributed by atoms with Crippen LogP contribution in [0.5, 0.6) is 0 Å². The summed E-state index contributed by atoms with van der Waals surface area (Å²) in [6, 6.07) is 0. The van der Waals surface area contributed by atoms with Gasteiger partial charge < -0.3 is 0 Å².